The molecule has 0 spiro atoms. The molecule has 1 heterocycles. The molecule has 1 rings (SSSR count). The van der Waals surface area contributed by atoms with E-state index >= 15 is 0 Å². The van der Waals surface area contributed by atoms with Gasteiger partial charge < -0.3 is 10.2 Å². The van der Waals surface area contributed by atoms with E-state index in [0.717, 1.165) is 25.2 Å². The molecule has 0 atom stereocenters. The van der Waals surface area contributed by atoms with Crippen LogP contribution >= 0.6 is 11.3 Å². The molecule has 1 aromatic rings. The number of thiophene rings is 1. The summed E-state index contributed by atoms with van der Waals surface area (Å²) in [6.07, 6.45) is 2.43. The van der Waals surface area contributed by atoms with Crippen LogP contribution in [0.25, 0.3) is 0 Å². The normalized spacial score (nSPS) is 10.6. The summed E-state index contributed by atoms with van der Waals surface area (Å²) < 4.78 is 0. The van der Waals surface area contributed by atoms with Crippen molar-refractivity contribution in [1.29, 1.82) is 5.26 Å². The second-order valence-corrected chi connectivity index (χ2v) is 5.10. The van der Waals surface area contributed by atoms with Crippen LogP contribution in [0.15, 0.2) is 11.4 Å². The van der Waals surface area contributed by atoms with Crippen molar-refractivity contribution < 1.29 is 0 Å². The van der Waals surface area contributed by atoms with Crippen LogP contribution in [0.1, 0.15) is 23.3 Å². The summed E-state index contributed by atoms with van der Waals surface area (Å²) in [7, 11) is 4.20. The molecule has 3 nitrogen and oxygen atoms in total. The van der Waals surface area contributed by atoms with Gasteiger partial charge in [0.25, 0.3) is 0 Å². The predicted molar refractivity (Wildman–Crippen MR) is 68.5 cm³/mol. The van der Waals surface area contributed by atoms with Crippen LogP contribution in [0.3, 0.4) is 0 Å². The van der Waals surface area contributed by atoms with Crippen molar-refractivity contribution in [2.45, 2.75) is 19.4 Å². The first-order valence-corrected chi connectivity index (χ1v) is 6.43. The molecule has 16 heavy (non-hydrogen) atoms. The average molecular weight is 237 g/mol. The van der Waals surface area contributed by atoms with Crippen LogP contribution < -0.4 is 5.32 Å². The zero-order chi connectivity index (χ0) is 11.8. The second-order valence-electron chi connectivity index (χ2n) is 4.10. The quantitative estimate of drug-likeness (QED) is 0.738. The van der Waals surface area contributed by atoms with Crippen LogP contribution in [0, 0.1) is 11.3 Å². The van der Waals surface area contributed by atoms with Gasteiger partial charge in [0.1, 0.15) is 6.07 Å². The Kier molecular flexibility index (Phi) is 6.09. The van der Waals surface area contributed by atoms with E-state index in [9.17, 15) is 0 Å². The lowest BCUT2D eigenvalue weighted by Crippen LogP contribution is -2.17. The van der Waals surface area contributed by atoms with Gasteiger partial charge in [-0.3, -0.25) is 0 Å². The maximum absolute atomic E-state index is 8.68. The number of hydrogen-bond acceptors (Lipinski definition) is 4. The molecule has 0 saturated heterocycles. The van der Waals surface area contributed by atoms with E-state index in [2.05, 4.69) is 30.4 Å². The van der Waals surface area contributed by atoms with Gasteiger partial charge in [-0.1, -0.05) is 0 Å². The standard InChI is InChI=1S/C12H19N3S/c1-15(2)6-4-3-5-14-9-12-7-11(8-13)10-16-12/h7,10,14H,3-6,9H2,1-2H3. The summed E-state index contributed by atoms with van der Waals surface area (Å²) in [5, 5.41) is 14.0. The van der Waals surface area contributed by atoms with Gasteiger partial charge in [0.05, 0.1) is 5.56 Å². The lowest BCUT2D eigenvalue weighted by atomic mass is 10.3. The first kappa shape index (κ1) is 13.2. The molecule has 0 amide bonds. The minimum Gasteiger partial charge on any atom is -0.312 e. The van der Waals surface area contributed by atoms with Gasteiger partial charge in [-0.2, -0.15) is 5.26 Å². The van der Waals surface area contributed by atoms with Crippen molar-refractivity contribution in [3.05, 3.63) is 21.9 Å². The minimum absolute atomic E-state index is 0.773. The number of nitrogens with one attached hydrogen (secondary N) is 1. The summed E-state index contributed by atoms with van der Waals surface area (Å²) in [5.41, 5.74) is 0.773. The molecular formula is C12H19N3S. The largest absolute Gasteiger partial charge is 0.312 e. The van der Waals surface area contributed by atoms with Crippen LogP contribution in [0.4, 0.5) is 0 Å². The third-order valence-electron chi connectivity index (χ3n) is 2.29. The zero-order valence-corrected chi connectivity index (χ0v) is 10.8. The first-order valence-electron chi connectivity index (χ1n) is 5.55. The van der Waals surface area contributed by atoms with Crippen LogP contribution in [0.2, 0.25) is 0 Å². The Balaban J connectivity index is 2.05. The van der Waals surface area contributed by atoms with Gasteiger partial charge in [-0.25, -0.2) is 0 Å². The molecule has 0 unspecified atom stereocenters. The lowest BCUT2D eigenvalue weighted by Gasteiger charge is -2.08. The van der Waals surface area contributed by atoms with Gasteiger partial charge in [-0.15, -0.1) is 11.3 Å². The maximum Gasteiger partial charge on any atom is 0.100 e. The fraction of sp³-hybridized carbons (Fsp3) is 0.583. The number of nitriles is 1. The van der Waals surface area contributed by atoms with Gasteiger partial charge in [-0.05, 0) is 46.1 Å². The van der Waals surface area contributed by atoms with E-state index in [0.29, 0.717) is 0 Å². The van der Waals surface area contributed by atoms with Crippen molar-refractivity contribution in [3.63, 3.8) is 0 Å². The molecule has 0 aliphatic carbocycles. The molecule has 88 valence electrons. The summed E-state index contributed by atoms with van der Waals surface area (Å²) in [6, 6.07) is 4.10. The molecule has 4 heteroatoms. The van der Waals surface area contributed by atoms with E-state index in [-0.39, 0.29) is 0 Å². The van der Waals surface area contributed by atoms with Gasteiger partial charge in [0.15, 0.2) is 0 Å². The summed E-state index contributed by atoms with van der Waals surface area (Å²) in [4.78, 5) is 3.45. The Hall–Kier alpha value is -0.890. The molecule has 1 aromatic heterocycles. The molecule has 0 fully saturated rings. The molecule has 0 aromatic carbocycles. The van der Waals surface area contributed by atoms with E-state index in [1.165, 1.54) is 17.7 Å². The van der Waals surface area contributed by atoms with E-state index in [1.54, 1.807) is 11.3 Å². The minimum atomic E-state index is 0.773. The summed E-state index contributed by atoms with van der Waals surface area (Å²) >= 11 is 1.65. The highest BCUT2D eigenvalue weighted by atomic mass is 32.1. The predicted octanol–water partition coefficient (Wildman–Crippen LogP) is 2.05. The lowest BCUT2D eigenvalue weighted by molar-refractivity contribution is 0.392. The molecule has 0 bridgehead atoms. The highest BCUT2D eigenvalue weighted by molar-refractivity contribution is 7.10. The average Bonchev–Trinajstić information content (AvgIpc) is 2.70. The van der Waals surface area contributed by atoms with Gasteiger partial charge in [0, 0.05) is 16.8 Å². The second kappa shape index (κ2) is 7.39. The van der Waals surface area contributed by atoms with Crippen molar-refractivity contribution in [1.82, 2.24) is 10.2 Å². The topological polar surface area (TPSA) is 39.1 Å². The maximum atomic E-state index is 8.68. The number of rotatable bonds is 7. The van der Waals surface area contributed by atoms with Crippen LogP contribution in [-0.2, 0) is 6.54 Å². The smallest absolute Gasteiger partial charge is 0.100 e. The molecule has 0 aliphatic rings. The SMILES string of the molecule is CN(C)CCCCNCc1cc(C#N)cs1. The molecule has 0 saturated carbocycles. The zero-order valence-electron chi connectivity index (χ0n) is 9.99. The summed E-state index contributed by atoms with van der Waals surface area (Å²) in [5.74, 6) is 0. The third kappa shape index (κ3) is 5.26. The Morgan fingerprint density at radius 3 is 2.88 bits per heavy atom. The number of hydrogen-bond donors (Lipinski definition) is 1. The fourth-order valence-corrected chi connectivity index (χ4v) is 2.20. The number of unbranched alkanes of at least 4 members (excludes halogenated alkanes) is 1. The molecular weight excluding hydrogens is 218 g/mol. The summed E-state index contributed by atoms with van der Waals surface area (Å²) in [6.45, 7) is 3.08. The fourth-order valence-electron chi connectivity index (χ4n) is 1.42. The van der Waals surface area contributed by atoms with Crippen molar-refractivity contribution in [3.8, 4) is 6.07 Å². The highest BCUT2D eigenvalue weighted by Crippen LogP contribution is 2.13. The Labute approximate surface area is 102 Å². The van der Waals surface area contributed by atoms with E-state index < -0.39 is 0 Å². The number of nitrogens with zero attached hydrogens (tertiary/aromatic N) is 2. The van der Waals surface area contributed by atoms with Gasteiger partial charge in [0.2, 0.25) is 0 Å². The Bertz CT molecular complexity index is 338. The van der Waals surface area contributed by atoms with Crippen molar-refractivity contribution in [2.75, 3.05) is 27.2 Å². The first-order chi connectivity index (χ1) is 7.72. The van der Waals surface area contributed by atoms with Crippen LogP contribution in [-0.4, -0.2) is 32.1 Å². The monoisotopic (exact) mass is 237 g/mol. The highest BCUT2D eigenvalue weighted by Gasteiger charge is 1.98. The van der Waals surface area contributed by atoms with Gasteiger partial charge >= 0.3 is 0 Å². The Morgan fingerprint density at radius 2 is 2.25 bits per heavy atom. The van der Waals surface area contributed by atoms with E-state index in [1.807, 2.05) is 11.4 Å². The van der Waals surface area contributed by atoms with Crippen molar-refractivity contribution >= 4 is 11.3 Å². The molecule has 0 aliphatic heterocycles. The van der Waals surface area contributed by atoms with Crippen molar-refractivity contribution in [2.24, 2.45) is 0 Å². The Morgan fingerprint density at radius 1 is 1.44 bits per heavy atom. The van der Waals surface area contributed by atoms with E-state index in [4.69, 9.17) is 5.26 Å². The molecule has 1 N–H and O–H groups in total. The molecule has 0 radical (unpaired) electrons. The van der Waals surface area contributed by atoms with Crippen LogP contribution in [0.5, 0.6) is 0 Å². The third-order valence-corrected chi connectivity index (χ3v) is 3.23.